The lowest BCUT2D eigenvalue weighted by Gasteiger charge is -2.17. The lowest BCUT2D eigenvalue weighted by atomic mass is 10.1. The molecule has 0 bridgehead atoms. The zero-order valence-corrected chi connectivity index (χ0v) is 16.3. The average molecular weight is 380 g/mol. The number of hydrogen-bond donors (Lipinski definition) is 1. The number of aryl methyl sites for hydroxylation is 2. The van der Waals surface area contributed by atoms with E-state index in [4.69, 9.17) is 4.74 Å². The highest BCUT2D eigenvalue weighted by molar-refractivity contribution is 5.99. The highest BCUT2D eigenvalue weighted by atomic mass is 16.5. The summed E-state index contributed by atoms with van der Waals surface area (Å²) in [7, 11) is 0. The van der Waals surface area contributed by atoms with E-state index in [1.54, 1.807) is 29.2 Å². The monoisotopic (exact) mass is 380 g/mol. The third kappa shape index (κ3) is 4.39. The van der Waals surface area contributed by atoms with E-state index in [0.717, 1.165) is 17.5 Å². The fourth-order valence-corrected chi connectivity index (χ4v) is 3.19. The quantitative estimate of drug-likeness (QED) is 0.804. The molecule has 146 valence electrons. The largest absolute Gasteiger partial charge is 0.449 e. The van der Waals surface area contributed by atoms with Crippen molar-refractivity contribution in [2.45, 2.75) is 39.7 Å². The number of benzene rings is 2. The van der Waals surface area contributed by atoms with E-state index in [1.165, 1.54) is 6.92 Å². The first kappa shape index (κ1) is 19.6. The van der Waals surface area contributed by atoms with Crippen LogP contribution in [0.5, 0.6) is 0 Å². The molecule has 1 aliphatic heterocycles. The summed E-state index contributed by atoms with van der Waals surface area (Å²) in [5, 5.41) is 2.79. The molecular weight excluding hydrogens is 356 g/mol. The molecular formula is C22H24N2O4. The maximum Gasteiger partial charge on any atom is 0.338 e. The number of ether oxygens (including phenoxy) is 1. The first-order valence-corrected chi connectivity index (χ1v) is 9.34. The van der Waals surface area contributed by atoms with Crippen LogP contribution < -0.4 is 10.2 Å². The van der Waals surface area contributed by atoms with Crippen molar-refractivity contribution in [2.75, 3.05) is 16.8 Å². The van der Waals surface area contributed by atoms with Gasteiger partial charge in [-0.2, -0.15) is 0 Å². The highest BCUT2D eigenvalue weighted by Gasteiger charge is 2.24. The number of nitrogens with zero attached hydrogens (tertiary/aromatic N) is 1. The molecule has 1 aliphatic rings. The molecule has 1 atom stereocenters. The van der Waals surface area contributed by atoms with E-state index >= 15 is 0 Å². The van der Waals surface area contributed by atoms with Crippen LogP contribution in [0.15, 0.2) is 42.5 Å². The van der Waals surface area contributed by atoms with Gasteiger partial charge in [-0.25, -0.2) is 4.79 Å². The number of amides is 2. The molecule has 1 N–H and O–H groups in total. The van der Waals surface area contributed by atoms with Gasteiger partial charge in [0, 0.05) is 24.3 Å². The van der Waals surface area contributed by atoms with Gasteiger partial charge in [0.25, 0.3) is 5.91 Å². The Bertz CT molecular complexity index is 923. The lowest BCUT2D eigenvalue weighted by Crippen LogP contribution is -2.30. The van der Waals surface area contributed by atoms with Crippen LogP contribution in [0.2, 0.25) is 0 Å². The Labute approximate surface area is 164 Å². The lowest BCUT2D eigenvalue weighted by molar-refractivity contribution is -0.123. The van der Waals surface area contributed by atoms with Crippen LogP contribution in [-0.2, 0) is 14.3 Å². The molecule has 28 heavy (non-hydrogen) atoms. The number of esters is 1. The van der Waals surface area contributed by atoms with Gasteiger partial charge in [0.1, 0.15) is 0 Å². The number of hydrogen-bond acceptors (Lipinski definition) is 4. The van der Waals surface area contributed by atoms with E-state index in [2.05, 4.69) is 5.32 Å². The summed E-state index contributed by atoms with van der Waals surface area (Å²) in [6.45, 7) is 6.06. The zero-order chi connectivity index (χ0) is 20.3. The van der Waals surface area contributed by atoms with Gasteiger partial charge in [0.05, 0.1) is 5.56 Å². The highest BCUT2D eigenvalue weighted by Crippen LogP contribution is 2.23. The number of rotatable bonds is 5. The molecule has 0 radical (unpaired) electrons. The molecule has 3 rings (SSSR count). The van der Waals surface area contributed by atoms with Crippen molar-refractivity contribution >= 4 is 29.2 Å². The molecule has 2 aromatic rings. The standard InChI is InChI=1S/C22H24N2O4/c1-14-9-10-19(15(2)12-14)23-21(26)16(3)28-22(27)17-6-4-7-18(13-17)24-11-5-8-20(24)25/h4,6-7,9-10,12-13,16H,5,8,11H2,1-3H3,(H,23,26)/t16-/m0/s1. The van der Waals surface area contributed by atoms with Gasteiger partial charge in [0.15, 0.2) is 6.10 Å². The van der Waals surface area contributed by atoms with Crippen LogP contribution in [0.25, 0.3) is 0 Å². The van der Waals surface area contributed by atoms with Crippen molar-refractivity contribution in [3.8, 4) is 0 Å². The van der Waals surface area contributed by atoms with Crippen LogP contribution in [0, 0.1) is 13.8 Å². The molecule has 6 heteroatoms. The molecule has 2 amide bonds. The minimum atomic E-state index is -0.953. The summed E-state index contributed by atoms with van der Waals surface area (Å²) in [4.78, 5) is 38.4. The van der Waals surface area contributed by atoms with Crippen LogP contribution in [0.1, 0.15) is 41.3 Å². The first-order chi connectivity index (χ1) is 13.3. The van der Waals surface area contributed by atoms with Crippen molar-refractivity contribution in [3.63, 3.8) is 0 Å². The fraction of sp³-hybridized carbons (Fsp3) is 0.318. The Kier molecular flexibility index (Phi) is 5.78. The maximum absolute atomic E-state index is 12.5. The molecule has 0 saturated carbocycles. The van der Waals surface area contributed by atoms with E-state index in [-0.39, 0.29) is 5.91 Å². The molecule has 2 aromatic carbocycles. The number of nitrogens with one attached hydrogen (secondary N) is 1. The van der Waals surface area contributed by atoms with Gasteiger partial charge in [-0.1, -0.05) is 23.8 Å². The second-order valence-corrected chi connectivity index (χ2v) is 7.05. The summed E-state index contributed by atoms with van der Waals surface area (Å²) in [6, 6.07) is 12.4. The third-order valence-corrected chi connectivity index (χ3v) is 4.76. The van der Waals surface area contributed by atoms with Gasteiger partial charge in [-0.15, -0.1) is 0 Å². The molecule has 1 saturated heterocycles. The van der Waals surface area contributed by atoms with Crippen LogP contribution in [-0.4, -0.2) is 30.4 Å². The minimum absolute atomic E-state index is 0.0479. The topological polar surface area (TPSA) is 75.7 Å². The van der Waals surface area contributed by atoms with Crippen LogP contribution >= 0.6 is 0 Å². The number of carbonyl (C=O) groups excluding carboxylic acids is 3. The molecule has 6 nitrogen and oxygen atoms in total. The molecule has 0 spiro atoms. The number of carbonyl (C=O) groups is 3. The summed E-state index contributed by atoms with van der Waals surface area (Å²) < 4.78 is 5.32. The Morgan fingerprint density at radius 1 is 1.14 bits per heavy atom. The van der Waals surface area contributed by atoms with Gasteiger partial charge in [-0.3, -0.25) is 9.59 Å². The van der Waals surface area contributed by atoms with Gasteiger partial charge >= 0.3 is 5.97 Å². The summed E-state index contributed by atoms with van der Waals surface area (Å²) >= 11 is 0. The first-order valence-electron chi connectivity index (χ1n) is 9.34. The molecule has 1 fully saturated rings. The van der Waals surface area contributed by atoms with Gasteiger partial charge < -0.3 is 15.0 Å². The Hall–Kier alpha value is -3.15. The van der Waals surface area contributed by atoms with E-state index in [1.807, 2.05) is 32.0 Å². The van der Waals surface area contributed by atoms with Crippen molar-refractivity contribution in [2.24, 2.45) is 0 Å². The maximum atomic E-state index is 12.5. The van der Waals surface area contributed by atoms with Gasteiger partial charge in [0.2, 0.25) is 5.91 Å². The van der Waals surface area contributed by atoms with Gasteiger partial charge in [-0.05, 0) is 57.0 Å². The second kappa shape index (κ2) is 8.25. The van der Waals surface area contributed by atoms with Crippen molar-refractivity contribution in [1.29, 1.82) is 0 Å². The summed E-state index contributed by atoms with van der Waals surface area (Å²) in [6.07, 6.45) is 0.373. The Balaban J connectivity index is 1.65. The molecule has 1 heterocycles. The fourth-order valence-electron chi connectivity index (χ4n) is 3.19. The van der Waals surface area contributed by atoms with E-state index in [0.29, 0.717) is 29.9 Å². The summed E-state index contributed by atoms with van der Waals surface area (Å²) in [5.74, 6) is -0.949. The van der Waals surface area contributed by atoms with Crippen molar-refractivity contribution in [3.05, 3.63) is 59.2 Å². The number of anilines is 2. The van der Waals surface area contributed by atoms with Crippen LogP contribution in [0.3, 0.4) is 0 Å². The van der Waals surface area contributed by atoms with E-state index < -0.39 is 18.0 Å². The molecule has 0 aliphatic carbocycles. The minimum Gasteiger partial charge on any atom is -0.449 e. The van der Waals surface area contributed by atoms with E-state index in [9.17, 15) is 14.4 Å². The predicted molar refractivity (Wildman–Crippen MR) is 107 cm³/mol. The Morgan fingerprint density at radius 2 is 1.93 bits per heavy atom. The smallest absolute Gasteiger partial charge is 0.338 e. The third-order valence-electron chi connectivity index (χ3n) is 4.76. The average Bonchev–Trinajstić information content (AvgIpc) is 3.10. The van der Waals surface area contributed by atoms with Crippen molar-refractivity contribution in [1.82, 2.24) is 0 Å². The predicted octanol–water partition coefficient (Wildman–Crippen LogP) is 3.61. The SMILES string of the molecule is Cc1ccc(NC(=O)[C@H](C)OC(=O)c2cccc(N3CCCC3=O)c2)c(C)c1. The second-order valence-electron chi connectivity index (χ2n) is 7.05. The molecule has 0 unspecified atom stereocenters. The summed E-state index contributed by atoms with van der Waals surface area (Å²) in [5.41, 5.74) is 3.71. The normalized spacial score (nSPS) is 14.7. The molecule has 0 aromatic heterocycles. The Morgan fingerprint density at radius 3 is 2.61 bits per heavy atom. The van der Waals surface area contributed by atoms with Crippen LogP contribution in [0.4, 0.5) is 11.4 Å². The zero-order valence-electron chi connectivity index (χ0n) is 16.3. The van der Waals surface area contributed by atoms with Crippen molar-refractivity contribution < 1.29 is 19.1 Å².